The lowest BCUT2D eigenvalue weighted by Crippen LogP contribution is -2.27. The Bertz CT molecular complexity index is 357. The third kappa shape index (κ3) is 1.11. The predicted octanol–water partition coefficient (Wildman–Crippen LogP) is 0.0289. The molecule has 0 atom stereocenters. The van der Waals surface area contributed by atoms with Gasteiger partial charge in [0.2, 0.25) is 5.79 Å². The molecule has 0 saturated carbocycles. The van der Waals surface area contributed by atoms with Gasteiger partial charge in [0.1, 0.15) is 12.4 Å². The van der Waals surface area contributed by atoms with Crippen LogP contribution >= 0.6 is 0 Å². The zero-order chi connectivity index (χ0) is 9.47. The van der Waals surface area contributed by atoms with Gasteiger partial charge in [-0.25, -0.2) is 0 Å². The van der Waals surface area contributed by atoms with Crippen LogP contribution in [0.2, 0.25) is 0 Å². The van der Waals surface area contributed by atoms with E-state index >= 15 is 0 Å². The Morgan fingerprint density at radius 1 is 1.46 bits per heavy atom. The zero-order valence-electron chi connectivity index (χ0n) is 6.73. The lowest BCUT2D eigenvalue weighted by molar-refractivity contribution is -0.174. The largest absolute Gasteiger partial charge is 0.487 e. The normalized spacial score (nSPS) is 17.7. The van der Waals surface area contributed by atoms with Crippen LogP contribution in [0, 0.1) is 0 Å². The molecule has 68 valence electrons. The highest BCUT2D eigenvalue weighted by Crippen LogP contribution is 2.36. The van der Waals surface area contributed by atoms with E-state index in [1.54, 1.807) is 12.1 Å². The number of ether oxygens (including phenoxy) is 1. The van der Waals surface area contributed by atoms with Crippen molar-refractivity contribution in [3.63, 3.8) is 0 Å². The molecule has 0 spiro atoms. The van der Waals surface area contributed by atoms with E-state index in [9.17, 15) is 15.0 Å². The van der Waals surface area contributed by atoms with Gasteiger partial charge in [-0.1, -0.05) is 12.1 Å². The van der Waals surface area contributed by atoms with Crippen LogP contribution in [0.5, 0.6) is 5.75 Å². The molecule has 1 heterocycles. The SMILES string of the molecule is O=Cc1cccc2c1C(O)(O)CO2. The van der Waals surface area contributed by atoms with Crippen molar-refractivity contribution in [1.29, 1.82) is 0 Å². The van der Waals surface area contributed by atoms with E-state index in [-0.39, 0.29) is 17.7 Å². The minimum absolute atomic E-state index is 0.157. The van der Waals surface area contributed by atoms with Crippen molar-refractivity contribution in [3.05, 3.63) is 29.3 Å². The first-order valence-corrected chi connectivity index (χ1v) is 3.81. The molecule has 1 aliphatic heterocycles. The summed E-state index contributed by atoms with van der Waals surface area (Å²) in [7, 11) is 0. The Balaban J connectivity index is 2.66. The van der Waals surface area contributed by atoms with Crippen LogP contribution < -0.4 is 4.74 Å². The molecule has 0 unspecified atom stereocenters. The maximum Gasteiger partial charge on any atom is 0.229 e. The molecule has 1 aromatic rings. The molecule has 4 nitrogen and oxygen atoms in total. The van der Waals surface area contributed by atoms with Crippen molar-refractivity contribution in [1.82, 2.24) is 0 Å². The van der Waals surface area contributed by atoms with Gasteiger partial charge < -0.3 is 14.9 Å². The van der Waals surface area contributed by atoms with Crippen LogP contribution in [-0.2, 0) is 5.79 Å². The second-order valence-corrected chi connectivity index (χ2v) is 2.94. The Morgan fingerprint density at radius 2 is 2.23 bits per heavy atom. The fourth-order valence-electron chi connectivity index (χ4n) is 1.45. The monoisotopic (exact) mass is 180 g/mol. The number of aldehydes is 1. The van der Waals surface area contributed by atoms with Gasteiger partial charge in [0.05, 0.1) is 5.56 Å². The molecule has 4 heteroatoms. The average molecular weight is 180 g/mol. The minimum atomic E-state index is -2.03. The molecule has 2 rings (SSSR count). The summed E-state index contributed by atoms with van der Waals surface area (Å²) in [5.74, 6) is -1.68. The van der Waals surface area contributed by atoms with Gasteiger partial charge in [0.15, 0.2) is 6.29 Å². The number of benzene rings is 1. The molecule has 1 aromatic carbocycles. The van der Waals surface area contributed by atoms with Crippen molar-refractivity contribution in [3.8, 4) is 5.75 Å². The summed E-state index contributed by atoms with van der Waals surface area (Å²) >= 11 is 0. The second-order valence-electron chi connectivity index (χ2n) is 2.94. The van der Waals surface area contributed by atoms with E-state index in [0.717, 1.165) is 0 Å². The lowest BCUT2D eigenvalue weighted by Gasteiger charge is -2.13. The van der Waals surface area contributed by atoms with Gasteiger partial charge in [0.25, 0.3) is 0 Å². The van der Waals surface area contributed by atoms with E-state index < -0.39 is 5.79 Å². The first-order valence-electron chi connectivity index (χ1n) is 3.81. The molecule has 0 radical (unpaired) electrons. The summed E-state index contributed by atoms with van der Waals surface area (Å²) in [6.45, 7) is -0.229. The van der Waals surface area contributed by atoms with Gasteiger partial charge >= 0.3 is 0 Å². The molecule has 13 heavy (non-hydrogen) atoms. The molecule has 0 fully saturated rings. The fraction of sp³-hybridized carbons (Fsp3) is 0.222. The van der Waals surface area contributed by atoms with E-state index in [4.69, 9.17) is 4.74 Å². The molecule has 0 saturated heterocycles. The number of hydrogen-bond donors (Lipinski definition) is 2. The highest BCUT2D eigenvalue weighted by atomic mass is 16.6. The van der Waals surface area contributed by atoms with Crippen molar-refractivity contribution in [2.24, 2.45) is 0 Å². The third-order valence-corrected chi connectivity index (χ3v) is 2.01. The molecule has 0 amide bonds. The molecular formula is C9H8O4. The standard InChI is InChI=1S/C9H8O4/c10-4-6-2-1-3-7-8(6)9(11,12)5-13-7/h1-4,11-12H,5H2. The van der Waals surface area contributed by atoms with Crippen LogP contribution in [0.4, 0.5) is 0 Å². The Kier molecular flexibility index (Phi) is 1.61. The number of carbonyl (C=O) groups excluding carboxylic acids is 1. The molecule has 0 aliphatic carbocycles. The van der Waals surface area contributed by atoms with Gasteiger partial charge in [-0.2, -0.15) is 0 Å². The van der Waals surface area contributed by atoms with Crippen molar-refractivity contribution in [2.75, 3.05) is 6.61 Å². The van der Waals surface area contributed by atoms with Crippen molar-refractivity contribution >= 4 is 6.29 Å². The first-order chi connectivity index (χ1) is 6.15. The predicted molar refractivity (Wildman–Crippen MR) is 43.4 cm³/mol. The van der Waals surface area contributed by atoms with Crippen LogP contribution in [0.15, 0.2) is 18.2 Å². The number of rotatable bonds is 1. The van der Waals surface area contributed by atoms with E-state index in [0.29, 0.717) is 12.0 Å². The molecule has 1 aliphatic rings. The van der Waals surface area contributed by atoms with Crippen molar-refractivity contribution in [2.45, 2.75) is 5.79 Å². The topological polar surface area (TPSA) is 66.8 Å². The Hall–Kier alpha value is -1.39. The third-order valence-electron chi connectivity index (χ3n) is 2.01. The van der Waals surface area contributed by atoms with Crippen LogP contribution in [0.3, 0.4) is 0 Å². The number of carbonyl (C=O) groups is 1. The maximum atomic E-state index is 10.6. The van der Waals surface area contributed by atoms with Crippen LogP contribution in [0.1, 0.15) is 15.9 Å². The number of hydrogen-bond acceptors (Lipinski definition) is 4. The van der Waals surface area contributed by atoms with E-state index in [1.165, 1.54) is 6.07 Å². The molecular weight excluding hydrogens is 172 g/mol. The highest BCUT2D eigenvalue weighted by molar-refractivity contribution is 5.79. The van der Waals surface area contributed by atoms with E-state index in [1.807, 2.05) is 0 Å². The van der Waals surface area contributed by atoms with Crippen LogP contribution in [-0.4, -0.2) is 23.1 Å². The second kappa shape index (κ2) is 2.55. The van der Waals surface area contributed by atoms with E-state index in [2.05, 4.69) is 0 Å². The van der Waals surface area contributed by atoms with Gasteiger partial charge in [-0.15, -0.1) is 0 Å². The Morgan fingerprint density at radius 3 is 2.92 bits per heavy atom. The number of fused-ring (bicyclic) bond motifs is 1. The Labute approximate surface area is 74.4 Å². The summed E-state index contributed by atoms with van der Waals surface area (Å²) < 4.78 is 5.00. The summed E-state index contributed by atoms with van der Waals surface area (Å²) in [6.07, 6.45) is 0.578. The lowest BCUT2D eigenvalue weighted by atomic mass is 10.0. The average Bonchev–Trinajstić information content (AvgIpc) is 2.43. The summed E-state index contributed by atoms with van der Waals surface area (Å²) in [4.78, 5) is 10.6. The fourth-order valence-corrected chi connectivity index (χ4v) is 1.45. The summed E-state index contributed by atoms with van der Waals surface area (Å²) in [6, 6.07) is 4.74. The van der Waals surface area contributed by atoms with Crippen LogP contribution in [0.25, 0.3) is 0 Å². The minimum Gasteiger partial charge on any atom is -0.487 e. The smallest absolute Gasteiger partial charge is 0.229 e. The zero-order valence-corrected chi connectivity index (χ0v) is 6.73. The highest BCUT2D eigenvalue weighted by Gasteiger charge is 2.38. The molecule has 2 N–H and O–H groups in total. The van der Waals surface area contributed by atoms with Gasteiger partial charge in [0, 0.05) is 5.56 Å². The van der Waals surface area contributed by atoms with Gasteiger partial charge in [-0.05, 0) is 6.07 Å². The maximum absolute atomic E-state index is 10.6. The summed E-state index contributed by atoms with van der Waals surface area (Å²) in [5, 5.41) is 18.9. The summed E-state index contributed by atoms with van der Waals surface area (Å²) in [5.41, 5.74) is 0.407. The number of aliphatic hydroxyl groups is 2. The molecule has 0 aromatic heterocycles. The first kappa shape index (κ1) is 8.22. The molecule has 0 bridgehead atoms. The van der Waals surface area contributed by atoms with Gasteiger partial charge in [-0.3, -0.25) is 4.79 Å². The quantitative estimate of drug-likeness (QED) is 0.472. The van der Waals surface area contributed by atoms with Crippen molar-refractivity contribution < 1.29 is 19.7 Å².